The van der Waals surface area contributed by atoms with Gasteiger partial charge in [-0.3, -0.25) is 9.29 Å². The predicted molar refractivity (Wildman–Crippen MR) is 125 cm³/mol. The Morgan fingerprint density at radius 3 is 2.41 bits per heavy atom. The maximum absolute atomic E-state index is 15.5. The highest BCUT2D eigenvalue weighted by Gasteiger charge is 2.36. The van der Waals surface area contributed by atoms with Crippen LogP contribution in [0.15, 0.2) is 60.7 Å². The molecule has 1 fully saturated rings. The van der Waals surface area contributed by atoms with Crippen molar-refractivity contribution in [1.29, 1.82) is 0 Å². The summed E-state index contributed by atoms with van der Waals surface area (Å²) in [4.78, 5) is 2.06. The van der Waals surface area contributed by atoms with E-state index in [2.05, 4.69) is 4.90 Å². The van der Waals surface area contributed by atoms with Gasteiger partial charge in [0.15, 0.2) is 0 Å². The van der Waals surface area contributed by atoms with Crippen LogP contribution in [0.4, 0.5) is 13.2 Å². The van der Waals surface area contributed by atoms with Crippen LogP contribution >= 0.6 is 0 Å². The monoisotopic (exact) mass is 467 g/mol. The van der Waals surface area contributed by atoms with Gasteiger partial charge in [-0.2, -0.15) is 0 Å². The van der Waals surface area contributed by atoms with Gasteiger partial charge in [0, 0.05) is 49.2 Å². The number of fused-ring (bicyclic) bond motifs is 1. The number of phenols is 1. The molecule has 1 aliphatic carbocycles. The molecule has 3 aromatic rings. The molecule has 1 aliphatic heterocycles. The molecule has 1 N–H and O–H groups in total. The van der Waals surface area contributed by atoms with Crippen molar-refractivity contribution in [3.05, 3.63) is 94.6 Å². The summed E-state index contributed by atoms with van der Waals surface area (Å²) in [7, 11) is 0. The van der Waals surface area contributed by atoms with E-state index in [4.69, 9.17) is 4.74 Å². The molecule has 3 nitrogen and oxygen atoms in total. The predicted octanol–water partition coefficient (Wildman–Crippen LogP) is 5.81. The lowest BCUT2D eigenvalue weighted by Gasteiger charge is -2.37. The number of phenolic OH excluding ortho intramolecular Hbond substituents is 1. The van der Waals surface area contributed by atoms with E-state index < -0.39 is 17.6 Å². The Morgan fingerprint density at radius 1 is 0.971 bits per heavy atom. The van der Waals surface area contributed by atoms with Gasteiger partial charge in [-0.1, -0.05) is 36.4 Å². The zero-order valence-electron chi connectivity index (χ0n) is 18.9. The van der Waals surface area contributed by atoms with E-state index in [1.165, 1.54) is 12.1 Å². The van der Waals surface area contributed by atoms with Crippen LogP contribution in [-0.2, 0) is 6.42 Å². The van der Waals surface area contributed by atoms with Crippen LogP contribution in [-0.4, -0.2) is 42.9 Å². The van der Waals surface area contributed by atoms with Crippen LogP contribution in [0.1, 0.15) is 40.5 Å². The molecule has 0 amide bonds. The summed E-state index contributed by atoms with van der Waals surface area (Å²) >= 11 is 0. The van der Waals surface area contributed by atoms with Crippen molar-refractivity contribution in [2.24, 2.45) is 5.92 Å². The van der Waals surface area contributed by atoms with Gasteiger partial charge in [-0.15, -0.1) is 0 Å². The minimum absolute atomic E-state index is 0.0290. The van der Waals surface area contributed by atoms with E-state index in [0.29, 0.717) is 19.6 Å². The quantitative estimate of drug-likeness (QED) is 0.476. The average molecular weight is 468 g/mol. The van der Waals surface area contributed by atoms with Crippen molar-refractivity contribution in [1.82, 2.24) is 4.90 Å². The smallest absolute Gasteiger partial charge is 0.133 e. The third-order valence-electron chi connectivity index (χ3n) is 7.11. The number of likely N-dealkylation sites (tertiary alicyclic amines) is 1. The van der Waals surface area contributed by atoms with Crippen molar-refractivity contribution in [2.45, 2.75) is 24.7 Å². The van der Waals surface area contributed by atoms with Gasteiger partial charge in [0.25, 0.3) is 0 Å². The average Bonchev–Trinajstić information content (AvgIpc) is 2.80. The number of nitrogens with zero attached hydrogens (tertiary/aromatic N) is 1. The molecule has 0 saturated carbocycles. The Balaban J connectivity index is 1.43. The molecule has 0 aromatic heterocycles. The Bertz CT molecular complexity index is 1120. The first-order chi connectivity index (χ1) is 16.5. The third kappa shape index (κ3) is 4.51. The van der Waals surface area contributed by atoms with Crippen LogP contribution in [0, 0.1) is 17.6 Å². The van der Waals surface area contributed by atoms with Crippen LogP contribution in [0.25, 0.3) is 0 Å². The Hall–Kier alpha value is -2.99. The molecular formula is C28H28F3NO2. The molecule has 0 bridgehead atoms. The number of benzene rings is 3. The second-order valence-corrected chi connectivity index (χ2v) is 9.35. The van der Waals surface area contributed by atoms with Gasteiger partial charge in [0.05, 0.1) is 6.67 Å². The van der Waals surface area contributed by atoms with Crippen LogP contribution in [0.3, 0.4) is 0 Å². The molecule has 2 aliphatic rings. The highest BCUT2D eigenvalue weighted by molar-refractivity contribution is 5.49. The lowest BCUT2D eigenvalue weighted by atomic mass is 9.69. The second kappa shape index (κ2) is 9.71. The first kappa shape index (κ1) is 22.8. The lowest BCUT2D eigenvalue weighted by Crippen LogP contribution is -2.49. The third-order valence-corrected chi connectivity index (χ3v) is 7.11. The summed E-state index contributed by atoms with van der Waals surface area (Å²) in [5.41, 5.74) is 2.81. The summed E-state index contributed by atoms with van der Waals surface area (Å²) in [5, 5.41) is 9.96. The topological polar surface area (TPSA) is 32.7 Å². The molecular weight excluding hydrogens is 439 g/mol. The highest BCUT2D eigenvalue weighted by atomic mass is 19.1. The summed E-state index contributed by atoms with van der Waals surface area (Å²) in [6.07, 6.45) is 1.45. The number of rotatable bonds is 7. The second-order valence-electron chi connectivity index (χ2n) is 9.35. The van der Waals surface area contributed by atoms with Gasteiger partial charge < -0.3 is 9.84 Å². The minimum Gasteiger partial charge on any atom is -0.508 e. The first-order valence-electron chi connectivity index (χ1n) is 11.8. The standard InChI is InChI=1S/C28H28F3NO2/c29-15-18-16-32(17-18)10-11-34-22-13-25(30)28(26(31)14-22)27-23(19-4-2-1-3-5-19)8-6-20-12-21(33)7-9-24(20)27/h1-5,7,9,12-14,18,23,27,33H,6,8,10-11,15-17H2/t23-,27+/m1/s1. The van der Waals surface area contributed by atoms with Crippen molar-refractivity contribution >= 4 is 0 Å². The van der Waals surface area contributed by atoms with Crippen molar-refractivity contribution < 1.29 is 23.0 Å². The van der Waals surface area contributed by atoms with E-state index in [0.717, 1.165) is 29.5 Å². The number of ether oxygens (including phenoxy) is 1. The number of hydrogen-bond acceptors (Lipinski definition) is 3. The van der Waals surface area contributed by atoms with Gasteiger partial charge in [0.2, 0.25) is 0 Å². The zero-order chi connectivity index (χ0) is 23.7. The normalized spacial score (nSPS) is 20.6. The van der Waals surface area contributed by atoms with Gasteiger partial charge in [-0.05, 0) is 47.6 Å². The van der Waals surface area contributed by atoms with E-state index in [-0.39, 0.29) is 42.2 Å². The number of aryl methyl sites for hydroxylation is 1. The SMILES string of the molecule is Oc1ccc2c(c1)CC[C@H](c1ccccc1)[C@@H]2c1c(F)cc(OCCN2CC(CF)C2)cc1F. The number of alkyl halides is 1. The maximum atomic E-state index is 15.5. The van der Waals surface area contributed by atoms with Gasteiger partial charge in [0.1, 0.15) is 29.7 Å². The van der Waals surface area contributed by atoms with Gasteiger partial charge >= 0.3 is 0 Å². The molecule has 6 heteroatoms. The van der Waals surface area contributed by atoms with E-state index in [1.807, 2.05) is 30.3 Å². The summed E-state index contributed by atoms with van der Waals surface area (Å²) in [6, 6.07) is 17.4. The van der Waals surface area contributed by atoms with E-state index >= 15 is 8.78 Å². The van der Waals surface area contributed by atoms with Crippen molar-refractivity contribution in [3.63, 3.8) is 0 Å². The molecule has 34 heavy (non-hydrogen) atoms. The van der Waals surface area contributed by atoms with Gasteiger partial charge in [-0.25, -0.2) is 8.78 Å². The highest BCUT2D eigenvalue weighted by Crippen LogP contribution is 2.48. The molecule has 1 saturated heterocycles. The Kier molecular flexibility index (Phi) is 6.50. The number of hydrogen-bond donors (Lipinski definition) is 1. The summed E-state index contributed by atoms with van der Waals surface area (Å²) in [5.74, 6) is -1.48. The fourth-order valence-electron chi connectivity index (χ4n) is 5.41. The van der Waals surface area contributed by atoms with Crippen LogP contribution < -0.4 is 4.74 Å². The van der Waals surface area contributed by atoms with E-state index in [9.17, 15) is 9.50 Å². The Labute approximate surface area is 197 Å². The zero-order valence-corrected chi connectivity index (χ0v) is 18.9. The molecule has 178 valence electrons. The summed E-state index contributed by atoms with van der Waals surface area (Å²) in [6.45, 7) is 1.95. The van der Waals surface area contributed by atoms with Crippen LogP contribution in [0.5, 0.6) is 11.5 Å². The molecule has 0 unspecified atom stereocenters. The van der Waals surface area contributed by atoms with Crippen molar-refractivity contribution in [3.8, 4) is 11.5 Å². The van der Waals surface area contributed by atoms with Crippen molar-refractivity contribution in [2.75, 3.05) is 32.9 Å². The molecule has 0 spiro atoms. The molecule has 3 aromatic carbocycles. The molecule has 2 atom stereocenters. The van der Waals surface area contributed by atoms with E-state index in [1.54, 1.807) is 18.2 Å². The largest absolute Gasteiger partial charge is 0.508 e. The number of aromatic hydroxyl groups is 1. The minimum atomic E-state index is -0.636. The molecule has 5 rings (SSSR count). The fraction of sp³-hybridized carbons (Fsp3) is 0.357. The molecule has 0 radical (unpaired) electrons. The summed E-state index contributed by atoms with van der Waals surface area (Å²) < 4.78 is 49.2. The number of halogens is 3. The molecule has 1 heterocycles. The Morgan fingerprint density at radius 2 is 1.71 bits per heavy atom. The maximum Gasteiger partial charge on any atom is 0.133 e. The van der Waals surface area contributed by atoms with Crippen LogP contribution in [0.2, 0.25) is 0 Å². The lowest BCUT2D eigenvalue weighted by molar-refractivity contribution is 0.0667. The first-order valence-corrected chi connectivity index (χ1v) is 11.8. The fourth-order valence-corrected chi connectivity index (χ4v) is 5.41.